The summed E-state index contributed by atoms with van der Waals surface area (Å²) < 4.78 is 14.9. The summed E-state index contributed by atoms with van der Waals surface area (Å²) in [5, 5.41) is 4.18. The normalized spacial score (nSPS) is 21.8. The predicted molar refractivity (Wildman–Crippen MR) is 106 cm³/mol. The number of piperazine rings is 1. The van der Waals surface area contributed by atoms with E-state index in [1.54, 1.807) is 16.9 Å². The molecule has 2 aliphatic rings. The van der Waals surface area contributed by atoms with Gasteiger partial charge in [0.15, 0.2) is 5.65 Å². The highest BCUT2D eigenvalue weighted by Crippen LogP contribution is 2.32. The van der Waals surface area contributed by atoms with Crippen LogP contribution in [0, 0.1) is 11.7 Å². The van der Waals surface area contributed by atoms with E-state index < -0.39 is 0 Å². The Morgan fingerprint density at radius 1 is 1.17 bits per heavy atom. The Bertz CT molecular complexity index is 1020. The van der Waals surface area contributed by atoms with Crippen molar-refractivity contribution in [2.75, 3.05) is 24.5 Å². The number of nitrogens with zero attached hydrogens (tertiary/aromatic N) is 6. The molecule has 3 aromatic rings. The van der Waals surface area contributed by atoms with E-state index in [2.05, 4.69) is 26.0 Å². The van der Waals surface area contributed by atoms with Gasteiger partial charge in [0.25, 0.3) is 0 Å². The van der Waals surface area contributed by atoms with Gasteiger partial charge in [-0.1, -0.05) is 6.07 Å². The maximum atomic E-state index is 13.1. The highest BCUT2D eigenvalue weighted by atomic mass is 19.1. The van der Waals surface area contributed by atoms with Gasteiger partial charge in [0.1, 0.15) is 18.0 Å². The van der Waals surface area contributed by atoms with Crippen LogP contribution < -0.4 is 4.90 Å². The minimum atomic E-state index is -0.328. The molecule has 2 fully saturated rings. The zero-order chi connectivity index (χ0) is 19.8. The molecule has 29 heavy (non-hydrogen) atoms. The van der Waals surface area contributed by atoms with Crippen molar-refractivity contribution in [1.29, 1.82) is 0 Å². The van der Waals surface area contributed by atoms with Crippen molar-refractivity contribution < 1.29 is 9.18 Å². The largest absolute Gasteiger partial charge is 0.353 e. The molecule has 2 saturated heterocycles. The summed E-state index contributed by atoms with van der Waals surface area (Å²) in [6.07, 6.45) is 8.32. The van der Waals surface area contributed by atoms with Gasteiger partial charge < -0.3 is 9.80 Å². The van der Waals surface area contributed by atoms with Crippen molar-refractivity contribution in [2.45, 2.75) is 31.7 Å². The summed E-state index contributed by atoms with van der Waals surface area (Å²) in [4.78, 5) is 25.6. The number of carbonyl (C=O) groups excluding carboxylic acids is 1. The minimum Gasteiger partial charge on any atom is -0.353 e. The Morgan fingerprint density at radius 2 is 2.10 bits per heavy atom. The lowest BCUT2D eigenvalue weighted by Gasteiger charge is -2.38. The lowest BCUT2D eigenvalue weighted by molar-refractivity contribution is -0.132. The smallest absolute Gasteiger partial charge is 0.226 e. The van der Waals surface area contributed by atoms with Gasteiger partial charge in [-0.15, -0.1) is 0 Å². The molecule has 5 rings (SSSR count). The Balaban J connectivity index is 1.19. The molecule has 0 radical (unpaired) electrons. The Hall–Kier alpha value is -3.03. The second kappa shape index (κ2) is 7.42. The van der Waals surface area contributed by atoms with Crippen molar-refractivity contribution in [3.8, 4) is 0 Å². The van der Waals surface area contributed by atoms with E-state index in [4.69, 9.17) is 0 Å². The van der Waals surface area contributed by atoms with Crippen LogP contribution in [0.4, 0.5) is 10.2 Å². The van der Waals surface area contributed by atoms with Crippen molar-refractivity contribution in [3.63, 3.8) is 0 Å². The molecule has 7 nitrogen and oxygen atoms in total. The average molecular weight is 394 g/mol. The molecule has 3 aromatic heterocycles. The van der Waals surface area contributed by atoms with Crippen molar-refractivity contribution in [1.82, 2.24) is 24.5 Å². The second-order valence-electron chi connectivity index (χ2n) is 7.85. The van der Waals surface area contributed by atoms with Gasteiger partial charge in [-0.05, 0) is 49.4 Å². The number of amides is 1. The fraction of sp³-hybridized carbons (Fsp3) is 0.429. The summed E-state index contributed by atoms with van der Waals surface area (Å²) >= 11 is 0. The number of aromatic nitrogens is 4. The van der Waals surface area contributed by atoms with E-state index in [0.717, 1.165) is 50.2 Å². The summed E-state index contributed by atoms with van der Waals surface area (Å²) in [5.41, 5.74) is 2.06. The van der Waals surface area contributed by atoms with Crippen molar-refractivity contribution >= 4 is 17.4 Å². The molecule has 0 aromatic carbocycles. The Morgan fingerprint density at radius 3 is 2.97 bits per heavy atom. The quantitative estimate of drug-likeness (QED) is 0.665. The Labute approximate surface area is 168 Å². The highest BCUT2D eigenvalue weighted by molar-refractivity contribution is 5.82. The predicted octanol–water partition coefficient (Wildman–Crippen LogP) is 2.32. The lowest BCUT2D eigenvalue weighted by Crippen LogP contribution is -2.51. The fourth-order valence-electron chi connectivity index (χ4n) is 4.65. The summed E-state index contributed by atoms with van der Waals surface area (Å²) in [5.74, 6) is 0.815. The van der Waals surface area contributed by atoms with Crippen LogP contribution in [0.5, 0.6) is 0 Å². The standard InChI is InChI=1S/C21H23FN6O/c22-17-6-7-19(23-12-17)26-9-10-27-18(13-26)11-16(21(27)29)4-1-3-15-5-2-8-28-20(15)24-14-25-28/h2,5-8,12,14,16,18H,1,3-4,9-11,13H2/t16-,18-/m0/s1. The van der Waals surface area contributed by atoms with Crippen LogP contribution in [-0.4, -0.2) is 56.1 Å². The topological polar surface area (TPSA) is 66.6 Å². The van der Waals surface area contributed by atoms with E-state index >= 15 is 0 Å². The van der Waals surface area contributed by atoms with Crippen LogP contribution >= 0.6 is 0 Å². The van der Waals surface area contributed by atoms with Crippen molar-refractivity contribution in [2.24, 2.45) is 5.92 Å². The fourth-order valence-corrected chi connectivity index (χ4v) is 4.65. The third-order valence-electron chi connectivity index (χ3n) is 6.09. The van der Waals surface area contributed by atoms with Crippen molar-refractivity contribution in [3.05, 3.63) is 54.4 Å². The third kappa shape index (κ3) is 3.43. The van der Waals surface area contributed by atoms with Gasteiger partial charge in [0.05, 0.1) is 12.2 Å². The van der Waals surface area contributed by atoms with Crippen LogP contribution in [-0.2, 0) is 11.2 Å². The number of rotatable bonds is 5. The minimum absolute atomic E-state index is 0.0822. The van der Waals surface area contributed by atoms with Crippen LogP contribution in [0.15, 0.2) is 43.0 Å². The molecule has 5 heterocycles. The van der Waals surface area contributed by atoms with E-state index in [0.29, 0.717) is 6.54 Å². The van der Waals surface area contributed by atoms with E-state index in [-0.39, 0.29) is 23.7 Å². The van der Waals surface area contributed by atoms with Crippen LogP contribution in [0.3, 0.4) is 0 Å². The monoisotopic (exact) mass is 394 g/mol. The summed E-state index contributed by atoms with van der Waals surface area (Å²) in [6.45, 7) is 2.21. The molecular formula is C21H23FN6O. The molecule has 0 bridgehead atoms. The SMILES string of the molecule is O=C1[C@@H](CCCc2cccn3ncnc23)C[C@H]2CN(c3ccc(F)cn3)CCN12. The first-order chi connectivity index (χ1) is 14.2. The lowest BCUT2D eigenvalue weighted by atomic mass is 9.96. The van der Waals surface area contributed by atoms with Gasteiger partial charge in [0, 0.05) is 31.7 Å². The van der Waals surface area contributed by atoms with Gasteiger partial charge >= 0.3 is 0 Å². The van der Waals surface area contributed by atoms with Gasteiger partial charge in [-0.25, -0.2) is 18.9 Å². The molecule has 0 saturated carbocycles. The summed E-state index contributed by atoms with van der Waals surface area (Å²) in [6, 6.07) is 7.43. The molecule has 0 aliphatic carbocycles. The number of anilines is 1. The zero-order valence-corrected chi connectivity index (χ0v) is 16.1. The number of carbonyl (C=O) groups is 1. The molecule has 8 heteroatoms. The molecule has 1 amide bonds. The van der Waals surface area contributed by atoms with E-state index in [1.807, 2.05) is 17.2 Å². The third-order valence-corrected chi connectivity index (χ3v) is 6.09. The first-order valence-electron chi connectivity index (χ1n) is 10.1. The maximum absolute atomic E-state index is 13.1. The highest BCUT2D eigenvalue weighted by Gasteiger charge is 2.42. The first-order valence-corrected chi connectivity index (χ1v) is 10.1. The number of pyridine rings is 2. The van der Waals surface area contributed by atoms with Crippen LogP contribution in [0.2, 0.25) is 0 Å². The number of hydrogen-bond donors (Lipinski definition) is 0. The number of aryl methyl sites for hydroxylation is 1. The summed E-state index contributed by atoms with van der Waals surface area (Å²) in [7, 11) is 0. The molecule has 0 spiro atoms. The maximum Gasteiger partial charge on any atom is 0.226 e. The Kier molecular flexibility index (Phi) is 4.61. The molecule has 0 N–H and O–H groups in total. The molecule has 150 valence electrons. The van der Waals surface area contributed by atoms with Gasteiger partial charge in [-0.2, -0.15) is 5.10 Å². The molecule has 0 unspecified atom stereocenters. The molecule has 2 atom stereocenters. The van der Waals surface area contributed by atoms with Gasteiger partial charge in [-0.3, -0.25) is 4.79 Å². The average Bonchev–Trinajstić information content (AvgIpc) is 3.34. The molecular weight excluding hydrogens is 371 g/mol. The molecule has 2 aliphatic heterocycles. The van der Waals surface area contributed by atoms with Crippen LogP contribution in [0.25, 0.3) is 5.65 Å². The van der Waals surface area contributed by atoms with E-state index in [9.17, 15) is 9.18 Å². The van der Waals surface area contributed by atoms with Gasteiger partial charge in [0.2, 0.25) is 5.91 Å². The number of hydrogen-bond acceptors (Lipinski definition) is 5. The second-order valence-corrected chi connectivity index (χ2v) is 7.85. The number of fused-ring (bicyclic) bond motifs is 2. The van der Waals surface area contributed by atoms with E-state index in [1.165, 1.54) is 17.8 Å². The first kappa shape index (κ1) is 18.0. The van der Waals surface area contributed by atoms with Crippen LogP contribution in [0.1, 0.15) is 24.8 Å². The number of halogens is 1. The zero-order valence-electron chi connectivity index (χ0n) is 16.1.